The molecule has 2 aromatic rings. The van der Waals surface area contributed by atoms with E-state index >= 15 is 0 Å². The number of anilines is 1. The van der Waals surface area contributed by atoms with Crippen LogP contribution in [0.4, 0.5) is 5.13 Å². The zero-order valence-corrected chi connectivity index (χ0v) is 11.2. The average Bonchev–Trinajstić information content (AvgIpc) is 3.18. The zero-order valence-electron chi connectivity index (χ0n) is 10.4. The second-order valence-corrected chi connectivity index (χ2v) is 5.66. The monoisotopic (exact) mass is 273 g/mol. The molecule has 1 amide bonds. The molecule has 0 aliphatic heterocycles. The number of amides is 1. The summed E-state index contributed by atoms with van der Waals surface area (Å²) in [5.41, 5.74) is 7.12. The van der Waals surface area contributed by atoms with Crippen LogP contribution >= 0.6 is 11.3 Å². The Morgan fingerprint density at radius 1 is 1.37 bits per heavy atom. The van der Waals surface area contributed by atoms with E-state index < -0.39 is 0 Å². The molecule has 1 aliphatic rings. The van der Waals surface area contributed by atoms with Gasteiger partial charge < -0.3 is 11.1 Å². The molecule has 0 saturated heterocycles. The Bertz CT molecular complexity index is 577. The molecule has 3 rings (SSSR count). The number of aromatic nitrogens is 1. The van der Waals surface area contributed by atoms with Crippen molar-refractivity contribution in [3.05, 3.63) is 47.0 Å². The lowest BCUT2D eigenvalue weighted by molar-refractivity contribution is 0.0927. The lowest BCUT2D eigenvalue weighted by Gasteiger charge is -2.18. The van der Waals surface area contributed by atoms with E-state index in [-0.39, 0.29) is 11.9 Å². The van der Waals surface area contributed by atoms with E-state index in [0.29, 0.717) is 16.7 Å². The number of hydrogen-bond donors (Lipinski definition) is 2. The number of nitrogen functional groups attached to an aromatic ring is 1. The highest BCUT2D eigenvalue weighted by Gasteiger charge is 2.33. The number of nitrogens with zero attached hydrogens (tertiary/aromatic N) is 1. The van der Waals surface area contributed by atoms with Gasteiger partial charge in [0.15, 0.2) is 5.13 Å². The summed E-state index contributed by atoms with van der Waals surface area (Å²) in [4.78, 5) is 16.2. The molecule has 1 fully saturated rings. The Hall–Kier alpha value is -1.88. The first-order valence-corrected chi connectivity index (χ1v) is 7.19. The van der Waals surface area contributed by atoms with E-state index in [1.165, 1.54) is 24.2 Å². The molecule has 1 aromatic carbocycles. The van der Waals surface area contributed by atoms with Crippen LogP contribution in [0.5, 0.6) is 0 Å². The van der Waals surface area contributed by atoms with Gasteiger partial charge in [-0.15, -0.1) is 11.3 Å². The maximum absolute atomic E-state index is 12.2. The summed E-state index contributed by atoms with van der Waals surface area (Å²) in [5, 5.41) is 5.19. The van der Waals surface area contributed by atoms with Crippen LogP contribution in [0.25, 0.3) is 0 Å². The van der Waals surface area contributed by atoms with Crippen LogP contribution in [-0.4, -0.2) is 10.9 Å². The summed E-state index contributed by atoms with van der Waals surface area (Å²) in [5.74, 6) is 0.399. The summed E-state index contributed by atoms with van der Waals surface area (Å²) in [6, 6.07) is 10.2. The van der Waals surface area contributed by atoms with Gasteiger partial charge in [-0.05, 0) is 24.3 Å². The van der Waals surface area contributed by atoms with Crippen molar-refractivity contribution in [1.29, 1.82) is 0 Å². The van der Waals surface area contributed by atoms with Gasteiger partial charge in [0, 0.05) is 5.38 Å². The number of nitrogens with two attached hydrogens (primary N) is 1. The molecule has 19 heavy (non-hydrogen) atoms. The largest absolute Gasteiger partial charge is 0.375 e. The molecule has 1 atom stereocenters. The van der Waals surface area contributed by atoms with Gasteiger partial charge >= 0.3 is 0 Å². The van der Waals surface area contributed by atoms with Crippen molar-refractivity contribution in [2.75, 3.05) is 5.73 Å². The van der Waals surface area contributed by atoms with Gasteiger partial charge in [0.25, 0.3) is 5.91 Å². The van der Waals surface area contributed by atoms with Crippen LogP contribution in [0.1, 0.15) is 34.9 Å². The summed E-state index contributed by atoms with van der Waals surface area (Å²) in [6.07, 6.45) is 2.33. The summed E-state index contributed by atoms with van der Waals surface area (Å²) in [6.45, 7) is 0. The van der Waals surface area contributed by atoms with Crippen molar-refractivity contribution in [3.63, 3.8) is 0 Å². The molecule has 1 saturated carbocycles. The molecule has 0 radical (unpaired) electrons. The van der Waals surface area contributed by atoms with Gasteiger partial charge in [-0.25, -0.2) is 4.98 Å². The molecule has 1 aliphatic carbocycles. The van der Waals surface area contributed by atoms with Gasteiger partial charge in [-0.2, -0.15) is 0 Å². The lowest BCUT2D eigenvalue weighted by Crippen LogP contribution is -2.30. The fourth-order valence-corrected chi connectivity index (χ4v) is 2.71. The minimum Gasteiger partial charge on any atom is -0.375 e. The molecule has 0 spiro atoms. The number of nitrogens with one attached hydrogen (secondary N) is 1. The number of hydrogen-bond acceptors (Lipinski definition) is 4. The molecule has 98 valence electrons. The van der Waals surface area contributed by atoms with Crippen molar-refractivity contribution < 1.29 is 4.79 Å². The summed E-state index contributed by atoms with van der Waals surface area (Å²) in [7, 11) is 0. The van der Waals surface area contributed by atoms with Gasteiger partial charge in [-0.3, -0.25) is 4.79 Å². The SMILES string of the molecule is Nc1nc(C(=O)NC(c2ccccc2)C2CC2)cs1. The smallest absolute Gasteiger partial charge is 0.271 e. The highest BCUT2D eigenvalue weighted by atomic mass is 32.1. The fourth-order valence-electron chi connectivity index (χ4n) is 2.17. The van der Waals surface area contributed by atoms with Crippen molar-refractivity contribution >= 4 is 22.4 Å². The Labute approximate surface area is 115 Å². The van der Waals surface area contributed by atoms with Crippen LogP contribution in [0, 0.1) is 5.92 Å². The second-order valence-electron chi connectivity index (χ2n) is 4.77. The van der Waals surface area contributed by atoms with E-state index in [9.17, 15) is 4.79 Å². The first-order valence-electron chi connectivity index (χ1n) is 6.31. The molecule has 5 heteroatoms. The van der Waals surface area contributed by atoms with Gasteiger partial charge in [0.1, 0.15) is 5.69 Å². The Balaban J connectivity index is 1.77. The number of rotatable bonds is 4. The van der Waals surface area contributed by atoms with Crippen LogP contribution in [-0.2, 0) is 0 Å². The zero-order chi connectivity index (χ0) is 13.2. The first-order chi connectivity index (χ1) is 9.24. The van der Waals surface area contributed by atoms with Crippen LogP contribution in [0.2, 0.25) is 0 Å². The van der Waals surface area contributed by atoms with Crippen molar-refractivity contribution in [2.45, 2.75) is 18.9 Å². The average molecular weight is 273 g/mol. The molecule has 0 bridgehead atoms. The molecule has 1 unspecified atom stereocenters. The summed E-state index contributed by atoms with van der Waals surface area (Å²) >= 11 is 1.29. The minimum absolute atomic E-state index is 0.0802. The van der Waals surface area contributed by atoms with E-state index in [4.69, 9.17) is 5.73 Å². The van der Waals surface area contributed by atoms with E-state index in [1.807, 2.05) is 18.2 Å². The number of carbonyl (C=O) groups excluding carboxylic acids is 1. The van der Waals surface area contributed by atoms with Gasteiger partial charge in [0.05, 0.1) is 6.04 Å². The quantitative estimate of drug-likeness (QED) is 0.899. The summed E-state index contributed by atoms with van der Waals surface area (Å²) < 4.78 is 0. The Morgan fingerprint density at radius 2 is 2.11 bits per heavy atom. The molecule has 1 heterocycles. The third-order valence-electron chi connectivity index (χ3n) is 3.29. The number of carbonyl (C=O) groups is 1. The van der Waals surface area contributed by atoms with Crippen LogP contribution in [0.15, 0.2) is 35.7 Å². The van der Waals surface area contributed by atoms with Crippen LogP contribution in [0.3, 0.4) is 0 Å². The third kappa shape index (κ3) is 2.76. The highest BCUT2D eigenvalue weighted by Crippen LogP contribution is 2.41. The van der Waals surface area contributed by atoms with Crippen molar-refractivity contribution in [1.82, 2.24) is 10.3 Å². The molecular weight excluding hydrogens is 258 g/mol. The van der Waals surface area contributed by atoms with E-state index in [0.717, 1.165) is 5.56 Å². The highest BCUT2D eigenvalue weighted by molar-refractivity contribution is 7.13. The molecule has 1 aromatic heterocycles. The predicted octanol–water partition coefficient (Wildman–Crippen LogP) is 2.61. The first kappa shape index (κ1) is 12.2. The standard InChI is InChI=1S/C14H15N3OS/c15-14-16-11(8-19-14)13(18)17-12(10-6-7-10)9-4-2-1-3-5-9/h1-5,8,10,12H,6-7H2,(H2,15,16)(H,17,18). The number of benzene rings is 1. The molecule has 4 nitrogen and oxygen atoms in total. The topological polar surface area (TPSA) is 68.0 Å². The van der Waals surface area contributed by atoms with E-state index in [1.54, 1.807) is 5.38 Å². The molecule has 3 N–H and O–H groups in total. The minimum atomic E-state index is -0.145. The normalized spacial score (nSPS) is 16.0. The molecular formula is C14H15N3OS. The van der Waals surface area contributed by atoms with E-state index in [2.05, 4.69) is 22.4 Å². The van der Waals surface area contributed by atoms with Gasteiger partial charge in [0.2, 0.25) is 0 Å². The maximum atomic E-state index is 12.2. The fraction of sp³-hybridized carbons (Fsp3) is 0.286. The Morgan fingerprint density at radius 3 is 2.68 bits per heavy atom. The lowest BCUT2D eigenvalue weighted by atomic mass is 10.0. The predicted molar refractivity (Wildman–Crippen MR) is 75.9 cm³/mol. The number of thiazole rings is 1. The third-order valence-corrected chi connectivity index (χ3v) is 3.97. The van der Waals surface area contributed by atoms with Crippen LogP contribution < -0.4 is 11.1 Å². The maximum Gasteiger partial charge on any atom is 0.271 e. The van der Waals surface area contributed by atoms with Crippen molar-refractivity contribution in [3.8, 4) is 0 Å². The Kier molecular flexibility index (Phi) is 3.21. The second kappa shape index (κ2) is 5.01. The van der Waals surface area contributed by atoms with Gasteiger partial charge in [-0.1, -0.05) is 30.3 Å². The van der Waals surface area contributed by atoms with Crippen molar-refractivity contribution in [2.24, 2.45) is 5.92 Å².